The Labute approximate surface area is 144 Å². The highest BCUT2D eigenvalue weighted by atomic mass is 35.7. The molecule has 0 N–H and O–H groups in total. The highest BCUT2D eigenvalue weighted by Crippen LogP contribution is 2.36. The molecule has 2 aliphatic heterocycles. The maximum atomic E-state index is 11.1. The fraction of sp³-hybridized carbons (Fsp3) is 1.00. The first-order valence-electron chi connectivity index (χ1n) is 5.41. The smallest absolute Gasteiger partial charge is 0.347 e. The molecule has 2 rings (SSSR count). The van der Waals surface area contributed by atoms with Gasteiger partial charge in [0.15, 0.2) is 12.4 Å². The van der Waals surface area contributed by atoms with E-state index in [0.717, 1.165) is 0 Å². The van der Waals surface area contributed by atoms with E-state index in [4.69, 9.17) is 41.5 Å². The Morgan fingerprint density at radius 2 is 1.17 bits per heavy atom. The summed E-state index contributed by atoms with van der Waals surface area (Å²) in [6, 6.07) is 0. The van der Waals surface area contributed by atoms with Crippen molar-refractivity contribution >= 4 is 60.0 Å². The molecule has 0 spiro atoms. The lowest BCUT2D eigenvalue weighted by Crippen LogP contribution is -2.57. The van der Waals surface area contributed by atoms with Crippen molar-refractivity contribution in [3.63, 3.8) is 0 Å². The van der Waals surface area contributed by atoms with Crippen LogP contribution in [0.3, 0.4) is 0 Å². The number of hydrogen-bond donors (Lipinski definition) is 0. The second-order valence-electron chi connectivity index (χ2n) is 4.24. The third-order valence-electron chi connectivity index (χ3n) is 2.69. The lowest BCUT2D eigenvalue weighted by Gasteiger charge is -2.37. The minimum atomic E-state index is -4.69. The second-order valence-corrected chi connectivity index (χ2v) is 10.6. The predicted molar refractivity (Wildman–Crippen MR) is 73.6 cm³/mol. The molecule has 0 amide bonds. The zero-order valence-electron chi connectivity index (χ0n) is 10.4. The summed E-state index contributed by atoms with van der Waals surface area (Å²) in [5.41, 5.74) is 0. The van der Waals surface area contributed by atoms with Crippen LogP contribution >= 0.6 is 32.0 Å². The van der Waals surface area contributed by atoms with Crippen molar-refractivity contribution in [1.29, 1.82) is 0 Å². The molecule has 2 fully saturated rings. The monoisotopic (exact) mass is 456 g/mol. The molecule has 0 saturated carbocycles. The molecule has 11 nitrogen and oxygen atoms in total. The zero-order chi connectivity index (χ0) is 17.6. The molecular formula is C6H7Cl3O11S3. The van der Waals surface area contributed by atoms with Gasteiger partial charge in [-0.25, -0.2) is 12.5 Å². The second kappa shape index (κ2) is 6.68. The van der Waals surface area contributed by atoms with E-state index in [1.807, 2.05) is 0 Å². The first kappa shape index (κ1) is 19.8. The predicted octanol–water partition coefficient (Wildman–Crippen LogP) is -0.652. The molecule has 2 aliphatic rings. The fourth-order valence-corrected chi connectivity index (χ4v) is 4.27. The van der Waals surface area contributed by atoms with Gasteiger partial charge >= 0.3 is 28.0 Å². The van der Waals surface area contributed by atoms with Crippen molar-refractivity contribution in [3.05, 3.63) is 0 Å². The molecule has 136 valence electrons. The lowest BCUT2D eigenvalue weighted by molar-refractivity contribution is -0.205. The summed E-state index contributed by atoms with van der Waals surface area (Å²) in [6.45, 7) is -0.286. The minimum absolute atomic E-state index is 0.286. The van der Waals surface area contributed by atoms with E-state index in [1.165, 1.54) is 0 Å². The van der Waals surface area contributed by atoms with E-state index in [-0.39, 0.29) is 6.61 Å². The molecule has 5 atom stereocenters. The number of ether oxygens (including phenoxy) is 2. The van der Waals surface area contributed by atoms with Crippen LogP contribution in [0.15, 0.2) is 0 Å². The van der Waals surface area contributed by atoms with Crippen molar-refractivity contribution in [2.75, 3.05) is 6.61 Å². The van der Waals surface area contributed by atoms with Crippen molar-refractivity contribution in [1.82, 2.24) is 0 Å². The standard InChI is InChI=1S/C6H7Cl3O11S3/c7-21(10,11)18-3-2-1-16-6(17-2)5(20-23(9,14)15)4(3)19-22(8,12)13/h2-6H,1H2/t2-,3-,4+,5-,6-/m1/s1. The Morgan fingerprint density at radius 3 is 1.65 bits per heavy atom. The van der Waals surface area contributed by atoms with E-state index in [0.29, 0.717) is 0 Å². The summed E-state index contributed by atoms with van der Waals surface area (Å²) >= 11 is 0. The molecule has 0 radical (unpaired) electrons. The first-order chi connectivity index (χ1) is 10.3. The van der Waals surface area contributed by atoms with Gasteiger partial charge in [0.2, 0.25) is 0 Å². The third kappa shape index (κ3) is 5.78. The summed E-state index contributed by atoms with van der Waals surface area (Å²) < 4.78 is 90.2. The van der Waals surface area contributed by atoms with Crippen LogP contribution in [0.2, 0.25) is 0 Å². The van der Waals surface area contributed by atoms with E-state index < -0.39 is 58.7 Å². The van der Waals surface area contributed by atoms with E-state index in [9.17, 15) is 25.3 Å². The Hall–Kier alpha value is 0.520. The topological polar surface area (TPSA) is 149 Å². The number of hydrogen-bond acceptors (Lipinski definition) is 11. The van der Waals surface area contributed by atoms with E-state index >= 15 is 0 Å². The Morgan fingerprint density at radius 1 is 0.739 bits per heavy atom. The fourth-order valence-electron chi connectivity index (χ4n) is 2.06. The average Bonchev–Trinajstić information content (AvgIpc) is 2.71. The van der Waals surface area contributed by atoms with Crippen LogP contribution in [0.25, 0.3) is 0 Å². The normalized spacial score (nSPS) is 35.3. The van der Waals surface area contributed by atoms with Crippen LogP contribution in [0.5, 0.6) is 0 Å². The maximum Gasteiger partial charge on any atom is 0.356 e. The summed E-state index contributed by atoms with van der Waals surface area (Å²) in [5.74, 6) is 0. The molecule has 0 aliphatic carbocycles. The van der Waals surface area contributed by atoms with E-state index in [2.05, 4.69) is 12.5 Å². The van der Waals surface area contributed by atoms with Crippen molar-refractivity contribution in [3.8, 4) is 0 Å². The zero-order valence-corrected chi connectivity index (χ0v) is 15.2. The number of fused-ring (bicyclic) bond motifs is 2. The van der Waals surface area contributed by atoms with Gasteiger partial charge in [0.1, 0.15) is 18.3 Å². The highest BCUT2D eigenvalue weighted by Gasteiger charge is 2.56. The van der Waals surface area contributed by atoms with Gasteiger partial charge in [-0.1, -0.05) is 0 Å². The first-order valence-corrected chi connectivity index (χ1v) is 12.1. The van der Waals surface area contributed by atoms with Crippen LogP contribution in [0.4, 0.5) is 0 Å². The van der Waals surface area contributed by atoms with Gasteiger partial charge in [0.05, 0.1) is 6.61 Å². The molecule has 17 heteroatoms. The number of rotatable bonds is 6. The highest BCUT2D eigenvalue weighted by molar-refractivity contribution is 8.10. The maximum absolute atomic E-state index is 11.1. The van der Waals surface area contributed by atoms with Gasteiger partial charge in [-0.15, -0.1) is 0 Å². The van der Waals surface area contributed by atoms with Crippen LogP contribution in [0.1, 0.15) is 0 Å². The molecule has 23 heavy (non-hydrogen) atoms. The lowest BCUT2D eigenvalue weighted by atomic mass is 10.0. The van der Waals surface area contributed by atoms with Crippen molar-refractivity contribution < 1.29 is 47.3 Å². The van der Waals surface area contributed by atoms with Crippen LogP contribution in [0, 0.1) is 0 Å². The molecule has 2 heterocycles. The summed E-state index contributed by atoms with van der Waals surface area (Å²) in [7, 11) is 0.868. The van der Waals surface area contributed by atoms with Gasteiger partial charge < -0.3 is 9.47 Å². The van der Waals surface area contributed by atoms with Gasteiger partial charge in [-0.2, -0.15) is 25.3 Å². The largest absolute Gasteiger partial charge is 0.356 e. The van der Waals surface area contributed by atoms with Gasteiger partial charge in [0, 0.05) is 32.0 Å². The Kier molecular flexibility index (Phi) is 5.76. The van der Waals surface area contributed by atoms with Gasteiger partial charge in [-0.05, 0) is 0 Å². The molecule has 2 saturated heterocycles. The molecule has 0 aromatic carbocycles. The molecule has 0 aromatic heterocycles. The Bertz CT molecular complexity index is 713. The quantitative estimate of drug-likeness (QED) is 0.468. The van der Waals surface area contributed by atoms with Gasteiger partial charge in [0.25, 0.3) is 0 Å². The molecule has 0 aromatic rings. The summed E-state index contributed by atoms with van der Waals surface area (Å²) in [5, 5.41) is 0. The van der Waals surface area contributed by atoms with Crippen molar-refractivity contribution in [2.45, 2.75) is 30.7 Å². The van der Waals surface area contributed by atoms with Crippen molar-refractivity contribution in [2.24, 2.45) is 0 Å². The minimum Gasteiger partial charge on any atom is -0.347 e. The summed E-state index contributed by atoms with van der Waals surface area (Å²) in [4.78, 5) is 0. The SMILES string of the molecule is O=S(=O)(Cl)O[C@@H]1[C@@H](OS(=O)(=O)Cl)[C@@H]2OC[C@@H](O2)[C@H]1OS(=O)(=O)Cl. The molecular weight excluding hydrogens is 451 g/mol. The third-order valence-corrected chi connectivity index (χ3v) is 4.71. The van der Waals surface area contributed by atoms with Crippen LogP contribution < -0.4 is 0 Å². The van der Waals surface area contributed by atoms with Crippen LogP contribution in [-0.2, 0) is 50.0 Å². The van der Waals surface area contributed by atoms with Gasteiger partial charge in [-0.3, -0.25) is 0 Å². The van der Waals surface area contributed by atoms with Crippen LogP contribution in [-0.4, -0.2) is 62.6 Å². The van der Waals surface area contributed by atoms with E-state index in [1.54, 1.807) is 0 Å². The summed E-state index contributed by atoms with van der Waals surface area (Å²) in [6.07, 6.45) is -8.00. The molecule has 0 unspecified atom stereocenters. The Balaban J connectivity index is 2.41. The average molecular weight is 458 g/mol. The molecule has 2 bridgehead atoms. The number of halogens is 3.